The Morgan fingerprint density at radius 3 is 2.61 bits per heavy atom. The fourth-order valence-corrected chi connectivity index (χ4v) is 4.20. The van der Waals surface area contributed by atoms with E-state index in [4.69, 9.17) is 5.73 Å². The van der Waals surface area contributed by atoms with Crippen molar-refractivity contribution in [1.29, 1.82) is 0 Å². The van der Waals surface area contributed by atoms with Gasteiger partial charge in [0.05, 0.1) is 23.0 Å². The number of halogens is 3. The SMILES string of the molecule is CC(=O)N1CC(C)N(c2cccc(-c3cc(C(F)(F)F)c4c(N)ncnn34)n2)C(=O)C1(C)C. The minimum Gasteiger partial charge on any atom is -0.382 e. The molecule has 0 bridgehead atoms. The zero-order chi connectivity index (χ0) is 24.3. The smallest absolute Gasteiger partial charge is 0.382 e. The number of amides is 2. The Bertz CT molecular complexity index is 1270. The lowest BCUT2D eigenvalue weighted by atomic mass is 9.94. The number of aromatic nitrogens is 4. The summed E-state index contributed by atoms with van der Waals surface area (Å²) in [6.07, 6.45) is -3.62. The van der Waals surface area contributed by atoms with E-state index in [-0.39, 0.29) is 46.9 Å². The average Bonchev–Trinajstić information content (AvgIpc) is 3.13. The van der Waals surface area contributed by atoms with E-state index in [0.29, 0.717) is 0 Å². The number of fused-ring (bicyclic) bond motifs is 1. The average molecular weight is 461 g/mol. The number of carbonyl (C=O) groups is 2. The predicted molar refractivity (Wildman–Crippen MR) is 114 cm³/mol. The number of nitrogens with two attached hydrogens (primary N) is 1. The Morgan fingerprint density at radius 1 is 1.27 bits per heavy atom. The molecule has 4 heterocycles. The summed E-state index contributed by atoms with van der Waals surface area (Å²) in [5.74, 6) is -0.626. The highest BCUT2D eigenvalue weighted by atomic mass is 19.4. The van der Waals surface area contributed by atoms with Gasteiger partial charge in [-0.25, -0.2) is 14.5 Å². The van der Waals surface area contributed by atoms with Crippen molar-refractivity contribution >= 4 is 29.0 Å². The Balaban J connectivity index is 1.84. The number of nitrogens with zero attached hydrogens (tertiary/aromatic N) is 6. The Hall–Kier alpha value is -3.70. The molecule has 1 aliphatic heterocycles. The van der Waals surface area contributed by atoms with E-state index in [1.807, 2.05) is 0 Å². The third-order valence-corrected chi connectivity index (χ3v) is 5.82. The van der Waals surface area contributed by atoms with Crippen LogP contribution in [0.25, 0.3) is 16.9 Å². The Kier molecular flexibility index (Phi) is 5.06. The minimum atomic E-state index is -4.68. The summed E-state index contributed by atoms with van der Waals surface area (Å²) in [4.78, 5) is 36.5. The van der Waals surface area contributed by atoms with Crippen LogP contribution < -0.4 is 10.6 Å². The van der Waals surface area contributed by atoms with Gasteiger partial charge >= 0.3 is 6.18 Å². The highest BCUT2D eigenvalue weighted by Crippen LogP contribution is 2.39. The van der Waals surface area contributed by atoms with E-state index < -0.39 is 23.3 Å². The maximum atomic E-state index is 13.7. The van der Waals surface area contributed by atoms with E-state index in [9.17, 15) is 22.8 Å². The van der Waals surface area contributed by atoms with Gasteiger partial charge in [-0.15, -0.1) is 0 Å². The van der Waals surface area contributed by atoms with Crippen LogP contribution in [0.3, 0.4) is 0 Å². The lowest BCUT2D eigenvalue weighted by Gasteiger charge is -2.48. The van der Waals surface area contributed by atoms with Gasteiger partial charge in [-0.2, -0.15) is 18.3 Å². The molecule has 4 rings (SSSR count). The summed E-state index contributed by atoms with van der Waals surface area (Å²) in [5.41, 5.74) is 3.48. The molecule has 0 saturated carbocycles. The Morgan fingerprint density at radius 2 is 1.97 bits per heavy atom. The maximum Gasteiger partial charge on any atom is 0.418 e. The molecule has 1 atom stereocenters. The van der Waals surface area contributed by atoms with Crippen LogP contribution in [0.4, 0.5) is 24.8 Å². The second-order valence-corrected chi connectivity index (χ2v) is 8.44. The molecule has 0 spiro atoms. The molecule has 0 radical (unpaired) electrons. The van der Waals surface area contributed by atoms with E-state index in [1.54, 1.807) is 32.9 Å². The molecule has 174 valence electrons. The lowest BCUT2D eigenvalue weighted by Crippen LogP contribution is -2.67. The molecule has 3 aromatic rings. The van der Waals surface area contributed by atoms with Crippen LogP contribution in [0.1, 0.15) is 33.3 Å². The van der Waals surface area contributed by atoms with E-state index in [0.717, 1.165) is 16.9 Å². The van der Waals surface area contributed by atoms with Gasteiger partial charge in [0.2, 0.25) is 5.91 Å². The molecule has 0 aromatic carbocycles. The molecule has 1 unspecified atom stereocenters. The van der Waals surface area contributed by atoms with Crippen LogP contribution in [0.15, 0.2) is 30.6 Å². The molecular formula is C21H22F3N7O2. The van der Waals surface area contributed by atoms with Crippen molar-refractivity contribution in [2.75, 3.05) is 17.2 Å². The quantitative estimate of drug-likeness (QED) is 0.629. The van der Waals surface area contributed by atoms with Crippen LogP contribution in [0.2, 0.25) is 0 Å². The van der Waals surface area contributed by atoms with Crippen LogP contribution in [-0.2, 0) is 15.8 Å². The van der Waals surface area contributed by atoms with Gasteiger partial charge < -0.3 is 10.6 Å². The number of hydrogen-bond donors (Lipinski definition) is 1. The molecule has 33 heavy (non-hydrogen) atoms. The van der Waals surface area contributed by atoms with Crippen molar-refractivity contribution in [2.45, 2.75) is 45.5 Å². The van der Waals surface area contributed by atoms with Crippen molar-refractivity contribution in [3.63, 3.8) is 0 Å². The van der Waals surface area contributed by atoms with Crippen LogP contribution in [-0.4, -0.2) is 54.4 Å². The summed E-state index contributed by atoms with van der Waals surface area (Å²) in [5, 5.41) is 3.94. The van der Waals surface area contributed by atoms with Gasteiger partial charge in [0.15, 0.2) is 5.82 Å². The molecule has 1 saturated heterocycles. The van der Waals surface area contributed by atoms with E-state index >= 15 is 0 Å². The van der Waals surface area contributed by atoms with Gasteiger partial charge in [0.25, 0.3) is 5.91 Å². The zero-order valence-corrected chi connectivity index (χ0v) is 18.4. The molecule has 2 amide bonds. The first-order chi connectivity index (χ1) is 15.3. The summed E-state index contributed by atoms with van der Waals surface area (Å²) in [7, 11) is 0. The van der Waals surface area contributed by atoms with Gasteiger partial charge in [0.1, 0.15) is 23.2 Å². The topological polar surface area (TPSA) is 110 Å². The van der Waals surface area contributed by atoms with Gasteiger partial charge in [-0.05, 0) is 39.0 Å². The first-order valence-electron chi connectivity index (χ1n) is 10.1. The first kappa shape index (κ1) is 22.5. The second kappa shape index (κ2) is 7.42. The summed E-state index contributed by atoms with van der Waals surface area (Å²) >= 11 is 0. The number of anilines is 2. The highest BCUT2D eigenvalue weighted by molar-refractivity contribution is 6.02. The standard InChI is InChI=1S/C21H22F3N7O2/c1-11-9-29(12(2)32)20(3,4)19(33)30(11)16-7-5-6-14(28-16)15-8-13(21(22,23)24)17-18(25)26-10-27-31(15)17/h5-8,10-11H,9H2,1-4H3,(H2,25,26,27). The van der Waals surface area contributed by atoms with Gasteiger partial charge in [-0.1, -0.05) is 6.07 Å². The van der Waals surface area contributed by atoms with Crippen molar-refractivity contribution in [1.82, 2.24) is 24.5 Å². The summed E-state index contributed by atoms with van der Waals surface area (Å²) in [6.45, 7) is 6.76. The van der Waals surface area contributed by atoms with Gasteiger partial charge in [-0.3, -0.25) is 14.5 Å². The van der Waals surface area contributed by atoms with E-state index in [2.05, 4.69) is 15.1 Å². The number of hydrogen-bond acceptors (Lipinski definition) is 6. The molecule has 0 aliphatic carbocycles. The molecule has 3 aromatic heterocycles. The third kappa shape index (κ3) is 3.55. The third-order valence-electron chi connectivity index (χ3n) is 5.82. The number of piperazine rings is 1. The number of carbonyl (C=O) groups excluding carboxylic acids is 2. The normalized spacial score (nSPS) is 18.8. The van der Waals surface area contributed by atoms with Crippen LogP contribution >= 0.6 is 0 Å². The lowest BCUT2D eigenvalue weighted by molar-refractivity contribution is -0.146. The molecule has 9 nitrogen and oxygen atoms in total. The molecule has 12 heteroatoms. The zero-order valence-electron chi connectivity index (χ0n) is 18.4. The maximum absolute atomic E-state index is 13.7. The molecule has 2 N–H and O–H groups in total. The fraction of sp³-hybridized carbons (Fsp3) is 0.381. The number of alkyl halides is 3. The first-order valence-corrected chi connectivity index (χ1v) is 10.1. The number of pyridine rings is 1. The van der Waals surface area contributed by atoms with Crippen LogP contribution in [0.5, 0.6) is 0 Å². The summed E-state index contributed by atoms with van der Waals surface area (Å²) < 4.78 is 42.0. The van der Waals surface area contributed by atoms with Gasteiger partial charge in [0, 0.05) is 13.5 Å². The molecule has 1 aliphatic rings. The van der Waals surface area contributed by atoms with Crippen molar-refractivity contribution in [3.05, 3.63) is 36.2 Å². The van der Waals surface area contributed by atoms with E-state index in [1.165, 1.54) is 22.8 Å². The largest absolute Gasteiger partial charge is 0.418 e. The van der Waals surface area contributed by atoms with Crippen molar-refractivity contribution in [3.8, 4) is 11.4 Å². The highest BCUT2D eigenvalue weighted by Gasteiger charge is 2.47. The Labute approximate surface area is 187 Å². The number of nitrogen functional groups attached to an aromatic ring is 1. The van der Waals surface area contributed by atoms with Crippen LogP contribution in [0, 0.1) is 0 Å². The van der Waals surface area contributed by atoms with Crippen molar-refractivity contribution < 1.29 is 22.8 Å². The van der Waals surface area contributed by atoms with Crippen molar-refractivity contribution in [2.24, 2.45) is 0 Å². The number of rotatable bonds is 2. The summed E-state index contributed by atoms with van der Waals surface area (Å²) in [6, 6.07) is 5.23. The minimum absolute atomic E-state index is 0.0509. The predicted octanol–water partition coefficient (Wildman–Crippen LogP) is 2.75. The fourth-order valence-electron chi connectivity index (χ4n) is 4.20. The second-order valence-electron chi connectivity index (χ2n) is 8.44. The monoisotopic (exact) mass is 461 g/mol. The molecular weight excluding hydrogens is 439 g/mol. The molecule has 1 fully saturated rings.